The minimum Gasteiger partial charge on any atom is -0.493 e. The Labute approximate surface area is 225 Å². The zero-order valence-corrected chi connectivity index (χ0v) is 23.0. The van der Waals surface area contributed by atoms with E-state index >= 15 is 0 Å². The first-order valence-electron chi connectivity index (χ1n) is 12.4. The smallest absolute Gasteiger partial charge is 0.251 e. The predicted molar refractivity (Wildman–Crippen MR) is 145 cm³/mol. The predicted octanol–water partition coefficient (Wildman–Crippen LogP) is 4.64. The lowest BCUT2D eigenvalue weighted by molar-refractivity contribution is 0.0953. The molecular formula is C27H32N4O6S. The fourth-order valence-corrected chi connectivity index (χ4v) is 4.78. The molecule has 1 N–H and O–H groups in total. The Balaban J connectivity index is 1.47. The molecule has 202 valence electrons. The molecule has 0 bridgehead atoms. The highest BCUT2D eigenvalue weighted by Crippen LogP contribution is 2.39. The lowest BCUT2D eigenvalue weighted by Gasteiger charge is -2.17. The maximum Gasteiger partial charge on any atom is 0.251 e. The van der Waals surface area contributed by atoms with Gasteiger partial charge in [0.1, 0.15) is 0 Å². The molecule has 0 spiro atoms. The van der Waals surface area contributed by atoms with E-state index in [1.54, 1.807) is 30.9 Å². The van der Waals surface area contributed by atoms with Crippen LogP contribution in [0.3, 0.4) is 0 Å². The minimum absolute atomic E-state index is 0.231. The van der Waals surface area contributed by atoms with E-state index in [0.717, 1.165) is 16.2 Å². The molecule has 1 amide bonds. The summed E-state index contributed by atoms with van der Waals surface area (Å²) in [7, 11) is 3.19. The Morgan fingerprint density at radius 2 is 1.61 bits per heavy atom. The van der Waals surface area contributed by atoms with Crippen LogP contribution in [0.5, 0.6) is 28.7 Å². The summed E-state index contributed by atoms with van der Waals surface area (Å²) in [6.45, 7) is 7.39. The number of carbonyl (C=O) groups excluding carboxylic acids is 1. The summed E-state index contributed by atoms with van der Waals surface area (Å²) in [5, 5.41) is 9.66. The largest absolute Gasteiger partial charge is 0.493 e. The summed E-state index contributed by atoms with van der Waals surface area (Å²) in [5.41, 5.74) is 2.21. The molecule has 0 unspecified atom stereocenters. The Hall–Kier alpha value is -3.99. The number of methoxy groups -OCH3 is 2. The second-order valence-corrected chi connectivity index (χ2v) is 8.87. The minimum atomic E-state index is -0.231. The number of benzene rings is 2. The van der Waals surface area contributed by atoms with Crippen molar-refractivity contribution < 1.29 is 28.5 Å². The normalized spacial score (nSPS) is 10.9. The molecule has 38 heavy (non-hydrogen) atoms. The number of ether oxygens (including phenoxy) is 5. The molecule has 0 fully saturated rings. The number of fused-ring (bicyclic) bond motifs is 1. The van der Waals surface area contributed by atoms with Gasteiger partial charge in [-0.2, -0.15) is 4.98 Å². The van der Waals surface area contributed by atoms with E-state index in [1.807, 2.05) is 44.4 Å². The molecule has 4 rings (SSSR count). The second kappa shape index (κ2) is 12.5. The first kappa shape index (κ1) is 27.1. The maximum atomic E-state index is 13.0. The van der Waals surface area contributed by atoms with Gasteiger partial charge in [0, 0.05) is 29.5 Å². The summed E-state index contributed by atoms with van der Waals surface area (Å²) in [6, 6.07) is 8.94. The first-order chi connectivity index (χ1) is 18.5. The van der Waals surface area contributed by atoms with Crippen LogP contribution in [-0.2, 0) is 6.42 Å². The topological polar surface area (TPSA) is 105 Å². The van der Waals surface area contributed by atoms with Gasteiger partial charge >= 0.3 is 0 Å². The van der Waals surface area contributed by atoms with Crippen LogP contribution in [0.4, 0.5) is 0 Å². The Bertz CT molecular complexity index is 1370. The number of carbonyl (C=O) groups is 1. The van der Waals surface area contributed by atoms with Gasteiger partial charge in [0.15, 0.2) is 28.8 Å². The Morgan fingerprint density at radius 1 is 0.921 bits per heavy atom. The van der Waals surface area contributed by atoms with Gasteiger partial charge in [0.2, 0.25) is 10.7 Å². The molecule has 0 saturated heterocycles. The van der Waals surface area contributed by atoms with Crippen LogP contribution in [-0.4, -0.2) is 61.1 Å². The quantitative estimate of drug-likeness (QED) is 0.261. The van der Waals surface area contributed by atoms with Crippen molar-refractivity contribution in [2.45, 2.75) is 27.2 Å². The summed E-state index contributed by atoms with van der Waals surface area (Å²) in [4.78, 5) is 18.4. The highest BCUT2D eigenvalue weighted by atomic mass is 32.1. The van der Waals surface area contributed by atoms with Crippen molar-refractivity contribution in [1.82, 2.24) is 19.9 Å². The SMILES string of the molecule is CCOc1cc(C(=O)NCCc2csc3nc(-c4ccc(OC)c(OC)c4)nn23)cc(OCC)c1OCC. The first-order valence-corrected chi connectivity index (χ1v) is 13.3. The third kappa shape index (κ3) is 5.77. The van der Waals surface area contributed by atoms with Crippen LogP contribution < -0.4 is 29.0 Å². The average Bonchev–Trinajstić information content (AvgIpc) is 3.52. The van der Waals surface area contributed by atoms with Crippen LogP contribution in [0.15, 0.2) is 35.7 Å². The van der Waals surface area contributed by atoms with Crippen molar-refractivity contribution in [2.24, 2.45) is 0 Å². The highest BCUT2D eigenvalue weighted by Gasteiger charge is 2.19. The lowest BCUT2D eigenvalue weighted by Crippen LogP contribution is -2.26. The molecule has 0 aliphatic rings. The molecule has 0 saturated carbocycles. The van der Waals surface area contributed by atoms with E-state index in [-0.39, 0.29) is 5.91 Å². The van der Waals surface area contributed by atoms with Gasteiger partial charge in [-0.25, -0.2) is 4.52 Å². The summed E-state index contributed by atoms with van der Waals surface area (Å²) >= 11 is 1.50. The van der Waals surface area contributed by atoms with Gasteiger partial charge < -0.3 is 29.0 Å². The molecule has 10 nitrogen and oxygen atoms in total. The third-order valence-electron chi connectivity index (χ3n) is 5.63. The molecule has 2 heterocycles. The van der Waals surface area contributed by atoms with E-state index < -0.39 is 0 Å². The zero-order valence-electron chi connectivity index (χ0n) is 22.2. The number of hydrogen-bond donors (Lipinski definition) is 1. The van der Waals surface area contributed by atoms with Crippen LogP contribution in [0.1, 0.15) is 36.8 Å². The summed E-state index contributed by atoms with van der Waals surface area (Å²) in [6.07, 6.45) is 0.578. The highest BCUT2D eigenvalue weighted by molar-refractivity contribution is 7.15. The number of nitrogens with zero attached hydrogens (tertiary/aromatic N) is 3. The Kier molecular flexibility index (Phi) is 8.90. The van der Waals surface area contributed by atoms with E-state index in [2.05, 4.69) is 15.4 Å². The molecule has 0 aliphatic carbocycles. The standard InChI is InChI=1S/C27H32N4O6S/c1-6-35-22-14-18(15-23(36-7-2)24(22)37-8-3)26(32)28-12-11-19-16-38-27-29-25(30-31(19)27)17-9-10-20(33-4)21(13-17)34-5/h9-10,13-16H,6-8,11-12H2,1-5H3,(H,28,32). The molecular weight excluding hydrogens is 508 g/mol. The summed E-state index contributed by atoms with van der Waals surface area (Å²) in [5.74, 6) is 3.08. The van der Waals surface area contributed by atoms with Gasteiger partial charge in [0.05, 0.1) is 39.7 Å². The summed E-state index contributed by atoms with van der Waals surface area (Å²) < 4.78 is 29.7. The number of amides is 1. The molecule has 11 heteroatoms. The number of aromatic nitrogens is 3. The van der Waals surface area contributed by atoms with Crippen molar-refractivity contribution in [3.63, 3.8) is 0 Å². The van der Waals surface area contributed by atoms with Crippen molar-refractivity contribution >= 4 is 22.2 Å². The van der Waals surface area contributed by atoms with Gasteiger partial charge in [-0.05, 0) is 51.1 Å². The monoisotopic (exact) mass is 540 g/mol. The van der Waals surface area contributed by atoms with E-state index in [4.69, 9.17) is 23.7 Å². The molecule has 2 aromatic carbocycles. The molecule has 0 aliphatic heterocycles. The van der Waals surface area contributed by atoms with Crippen LogP contribution in [0.25, 0.3) is 16.3 Å². The number of thiazole rings is 1. The van der Waals surface area contributed by atoms with Gasteiger partial charge in [-0.15, -0.1) is 16.4 Å². The van der Waals surface area contributed by atoms with Gasteiger partial charge in [-0.1, -0.05) is 0 Å². The van der Waals surface area contributed by atoms with E-state index in [0.29, 0.717) is 72.9 Å². The third-order valence-corrected chi connectivity index (χ3v) is 6.49. The number of nitrogens with one attached hydrogen (secondary N) is 1. The van der Waals surface area contributed by atoms with Crippen LogP contribution in [0, 0.1) is 0 Å². The van der Waals surface area contributed by atoms with Crippen molar-refractivity contribution in [1.29, 1.82) is 0 Å². The van der Waals surface area contributed by atoms with E-state index in [1.165, 1.54) is 11.3 Å². The lowest BCUT2D eigenvalue weighted by atomic mass is 10.1. The molecule has 2 aromatic heterocycles. The van der Waals surface area contributed by atoms with Crippen LogP contribution >= 0.6 is 11.3 Å². The Morgan fingerprint density at radius 3 is 2.24 bits per heavy atom. The van der Waals surface area contributed by atoms with Crippen molar-refractivity contribution in [3.05, 3.63) is 47.0 Å². The number of hydrogen-bond acceptors (Lipinski definition) is 9. The van der Waals surface area contributed by atoms with Gasteiger partial charge in [0.25, 0.3) is 5.91 Å². The van der Waals surface area contributed by atoms with Crippen molar-refractivity contribution in [2.75, 3.05) is 40.6 Å². The van der Waals surface area contributed by atoms with Crippen LogP contribution in [0.2, 0.25) is 0 Å². The molecule has 4 aromatic rings. The zero-order chi connectivity index (χ0) is 27.1. The fraction of sp³-hybridized carbons (Fsp3) is 0.370. The van der Waals surface area contributed by atoms with E-state index in [9.17, 15) is 4.79 Å². The van der Waals surface area contributed by atoms with Crippen molar-refractivity contribution in [3.8, 4) is 40.1 Å². The number of rotatable bonds is 13. The average molecular weight is 541 g/mol. The molecule has 0 radical (unpaired) electrons. The second-order valence-electron chi connectivity index (χ2n) is 8.03. The fourth-order valence-electron chi connectivity index (χ4n) is 3.92. The maximum absolute atomic E-state index is 13.0. The van der Waals surface area contributed by atoms with Gasteiger partial charge in [-0.3, -0.25) is 4.79 Å². The molecule has 0 atom stereocenters.